The van der Waals surface area contributed by atoms with E-state index in [1.54, 1.807) is 53.4 Å². The minimum atomic E-state index is -0.689. The highest BCUT2D eigenvalue weighted by atomic mass is 16.2. The molecule has 8 nitrogen and oxygen atoms in total. The maximum Gasteiger partial charge on any atom is 0.271 e. The number of amides is 4. The van der Waals surface area contributed by atoms with Crippen LogP contribution in [0.3, 0.4) is 0 Å². The van der Waals surface area contributed by atoms with Crippen LogP contribution < -0.4 is 10.9 Å². The predicted octanol–water partition coefficient (Wildman–Crippen LogP) is 1.53. The van der Waals surface area contributed by atoms with Crippen molar-refractivity contribution in [2.45, 2.75) is 0 Å². The van der Waals surface area contributed by atoms with E-state index in [9.17, 15) is 19.2 Å². The summed E-state index contributed by atoms with van der Waals surface area (Å²) in [7, 11) is 0. The van der Waals surface area contributed by atoms with Gasteiger partial charge in [0.05, 0.1) is 22.4 Å². The number of fused-ring (bicyclic) bond motifs is 1. The quantitative estimate of drug-likeness (QED) is 0.523. The van der Waals surface area contributed by atoms with Gasteiger partial charge in [-0.3, -0.25) is 34.9 Å². The smallest absolute Gasteiger partial charge is 0.271 e. The van der Waals surface area contributed by atoms with Crippen LogP contribution in [0.5, 0.6) is 0 Å². The SMILES string of the molecule is O=C(CN1C(=O)c2ccccc2C1=O)NNC(=O)c1ccccc1-n1cccc1. The fourth-order valence-electron chi connectivity index (χ4n) is 3.15. The zero-order chi connectivity index (χ0) is 20.4. The van der Waals surface area contributed by atoms with Crippen molar-refractivity contribution in [3.05, 3.63) is 89.7 Å². The molecule has 29 heavy (non-hydrogen) atoms. The van der Waals surface area contributed by atoms with E-state index in [2.05, 4.69) is 10.9 Å². The van der Waals surface area contributed by atoms with Gasteiger partial charge in [-0.25, -0.2) is 0 Å². The molecular weight excluding hydrogens is 372 g/mol. The Morgan fingerprint density at radius 3 is 2.00 bits per heavy atom. The molecule has 2 aromatic carbocycles. The summed E-state index contributed by atoms with van der Waals surface area (Å²) in [6.45, 7) is -0.494. The molecule has 3 aromatic rings. The second-order valence-electron chi connectivity index (χ2n) is 6.35. The highest BCUT2D eigenvalue weighted by Crippen LogP contribution is 2.21. The Morgan fingerprint density at radius 1 is 0.759 bits per heavy atom. The molecule has 0 saturated heterocycles. The number of hydrazine groups is 1. The van der Waals surface area contributed by atoms with E-state index in [1.165, 1.54) is 12.1 Å². The first-order valence-electron chi connectivity index (χ1n) is 8.83. The van der Waals surface area contributed by atoms with Crippen LogP contribution in [-0.2, 0) is 4.79 Å². The molecule has 0 radical (unpaired) electrons. The number of rotatable bonds is 4. The number of nitrogens with one attached hydrogen (secondary N) is 2. The summed E-state index contributed by atoms with van der Waals surface area (Å²) in [6.07, 6.45) is 3.60. The zero-order valence-corrected chi connectivity index (χ0v) is 15.2. The van der Waals surface area contributed by atoms with Crippen molar-refractivity contribution in [2.75, 3.05) is 6.54 Å². The lowest BCUT2D eigenvalue weighted by Crippen LogP contribution is -2.47. The molecule has 0 bridgehead atoms. The molecule has 2 heterocycles. The van der Waals surface area contributed by atoms with Gasteiger partial charge in [-0.1, -0.05) is 24.3 Å². The third kappa shape index (κ3) is 3.39. The van der Waals surface area contributed by atoms with Crippen LogP contribution in [0.2, 0.25) is 0 Å². The Morgan fingerprint density at radius 2 is 1.34 bits per heavy atom. The van der Waals surface area contributed by atoms with Crippen LogP contribution in [0.1, 0.15) is 31.1 Å². The molecule has 1 aromatic heterocycles. The summed E-state index contributed by atoms with van der Waals surface area (Å²) < 4.78 is 1.77. The van der Waals surface area contributed by atoms with Crippen LogP contribution in [0.25, 0.3) is 5.69 Å². The van der Waals surface area contributed by atoms with Crippen LogP contribution in [0.4, 0.5) is 0 Å². The van der Waals surface area contributed by atoms with Gasteiger partial charge in [-0.2, -0.15) is 0 Å². The summed E-state index contributed by atoms with van der Waals surface area (Å²) >= 11 is 0. The van der Waals surface area contributed by atoms with E-state index in [1.807, 2.05) is 12.1 Å². The summed E-state index contributed by atoms with van der Waals surface area (Å²) in [6, 6.07) is 16.9. The van der Waals surface area contributed by atoms with Crippen molar-refractivity contribution in [3.63, 3.8) is 0 Å². The van der Waals surface area contributed by atoms with Gasteiger partial charge in [0.2, 0.25) is 0 Å². The number of benzene rings is 2. The van der Waals surface area contributed by atoms with E-state index in [0.717, 1.165) is 4.90 Å². The van der Waals surface area contributed by atoms with Crippen LogP contribution >= 0.6 is 0 Å². The summed E-state index contributed by atoms with van der Waals surface area (Å²) in [5.74, 6) is -2.29. The van der Waals surface area contributed by atoms with Crippen molar-refractivity contribution < 1.29 is 19.2 Å². The topological polar surface area (TPSA) is 101 Å². The van der Waals surface area contributed by atoms with Gasteiger partial charge in [0.25, 0.3) is 23.6 Å². The van der Waals surface area contributed by atoms with Crippen molar-refractivity contribution in [1.29, 1.82) is 0 Å². The van der Waals surface area contributed by atoms with E-state index in [4.69, 9.17) is 0 Å². The monoisotopic (exact) mass is 388 g/mol. The normalized spacial score (nSPS) is 12.6. The van der Waals surface area contributed by atoms with Gasteiger partial charge in [-0.15, -0.1) is 0 Å². The lowest BCUT2D eigenvalue weighted by atomic mass is 10.1. The molecule has 0 saturated carbocycles. The molecule has 0 fully saturated rings. The van der Waals surface area contributed by atoms with E-state index in [0.29, 0.717) is 11.3 Å². The average molecular weight is 388 g/mol. The van der Waals surface area contributed by atoms with Crippen molar-refractivity contribution in [2.24, 2.45) is 0 Å². The highest BCUT2D eigenvalue weighted by Gasteiger charge is 2.36. The maximum absolute atomic E-state index is 12.5. The summed E-state index contributed by atoms with van der Waals surface area (Å²) in [5, 5.41) is 0. The van der Waals surface area contributed by atoms with Crippen molar-refractivity contribution in [1.82, 2.24) is 20.3 Å². The lowest BCUT2D eigenvalue weighted by molar-refractivity contribution is -0.122. The van der Waals surface area contributed by atoms with E-state index < -0.39 is 30.2 Å². The van der Waals surface area contributed by atoms with E-state index in [-0.39, 0.29) is 11.1 Å². The third-order valence-corrected chi connectivity index (χ3v) is 4.53. The molecule has 2 N–H and O–H groups in total. The van der Waals surface area contributed by atoms with Gasteiger partial charge in [0.15, 0.2) is 0 Å². The number of imide groups is 1. The zero-order valence-electron chi connectivity index (χ0n) is 15.2. The van der Waals surface area contributed by atoms with Gasteiger partial charge >= 0.3 is 0 Å². The number of nitrogens with zero attached hydrogens (tertiary/aromatic N) is 2. The molecule has 0 spiro atoms. The Bertz CT molecular complexity index is 1090. The second-order valence-corrected chi connectivity index (χ2v) is 6.35. The maximum atomic E-state index is 12.5. The van der Waals surface area contributed by atoms with Crippen LogP contribution in [-0.4, -0.2) is 39.6 Å². The first-order valence-corrected chi connectivity index (χ1v) is 8.83. The lowest BCUT2D eigenvalue weighted by Gasteiger charge is -2.15. The first-order chi connectivity index (χ1) is 14.1. The van der Waals surface area contributed by atoms with E-state index >= 15 is 0 Å². The van der Waals surface area contributed by atoms with Gasteiger partial charge in [-0.05, 0) is 36.4 Å². The summed E-state index contributed by atoms with van der Waals surface area (Å²) in [5.41, 5.74) is 6.09. The minimum Gasteiger partial charge on any atom is -0.323 e. The second kappa shape index (κ2) is 7.43. The number of para-hydroxylation sites is 1. The molecular formula is C21H16N4O4. The number of aromatic nitrogens is 1. The number of hydrogen-bond donors (Lipinski definition) is 2. The summed E-state index contributed by atoms with van der Waals surface area (Å²) in [4.78, 5) is 50.2. The number of carbonyl (C=O) groups excluding carboxylic acids is 4. The molecule has 144 valence electrons. The van der Waals surface area contributed by atoms with Crippen molar-refractivity contribution in [3.8, 4) is 5.69 Å². The standard InChI is InChI=1S/C21H16N4O4/c26-18(13-25-20(28)14-7-1-2-8-15(14)21(25)29)22-23-19(27)16-9-3-4-10-17(16)24-11-5-6-12-24/h1-12H,13H2,(H,22,26)(H,23,27). The largest absolute Gasteiger partial charge is 0.323 e. The number of carbonyl (C=O) groups is 4. The number of hydrogen-bond acceptors (Lipinski definition) is 4. The molecule has 4 amide bonds. The van der Waals surface area contributed by atoms with Gasteiger partial charge in [0.1, 0.15) is 6.54 Å². The highest BCUT2D eigenvalue weighted by molar-refractivity contribution is 6.22. The van der Waals surface area contributed by atoms with Crippen LogP contribution in [0, 0.1) is 0 Å². The molecule has 8 heteroatoms. The fourth-order valence-corrected chi connectivity index (χ4v) is 3.15. The Kier molecular flexibility index (Phi) is 4.66. The molecule has 0 unspecified atom stereocenters. The van der Waals surface area contributed by atoms with Gasteiger partial charge < -0.3 is 4.57 Å². The predicted molar refractivity (Wildman–Crippen MR) is 103 cm³/mol. The van der Waals surface area contributed by atoms with Crippen LogP contribution in [0.15, 0.2) is 73.1 Å². The average Bonchev–Trinajstić information content (AvgIpc) is 3.36. The molecule has 1 aliphatic rings. The molecule has 1 aliphatic heterocycles. The Balaban J connectivity index is 1.41. The Hall–Kier alpha value is -4.20. The minimum absolute atomic E-state index is 0.259. The molecule has 4 rings (SSSR count). The fraction of sp³-hybridized carbons (Fsp3) is 0.0476. The van der Waals surface area contributed by atoms with Crippen molar-refractivity contribution >= 4 is 23.6 Å². The first kappa shape index (κ1) is 18.2. The molecule has 0 aliphatic carbocycles. The Labute approximate surface area is 165 Å². The molecule has 0 atom stereocenters. The third-order valence-electron chi connectivity index (χ3n) is 4.53. The van der Waals surface area contributed by atoms with Gasteiger partial charge in [0, 0.05) is 12.4 Å².